The first-order valence-electron chi connectivity index (χ1n) is 10.3. The van der Waals surface area contributed by atoms with Gasteiger partial charge in [0.15, 0.2) is 0 Å². The minimum Gasteiger partial charge on any atom is -0.497 e. The number of methoxy groups -OCH3 is 1. The maximum Gasteiger partial charge on any atom is 0.260 e. The summed E-state index contributed by atoms with van der Waals surface area (Å²) in [7, 11) is 1.66. The summed E-state index contributed by atoms with van der Waals surface area (Å²) in [5.41, 5.74) is 2.48. The van der Waals surface area contributed by atoms with Crippen molar-refractivity contribution in [1.29, 1.82) is 0 Å². The molecule has 0 saturated carbocycles. The monoisotopic (exact) mass is 464 g/mol. The maximum absolute atomic E-state index is 13.5. The number of rotatable bonds is 5. The Morgan fingerprint density at radius 3 is 2.65 bits per heavy atom. The number of carbonyl (C=O) groups is 1. The van der Waals surface area contributed by atoms with Crippen molar-refractivity contribution in [2.45, 2.75) is 32.7 Å². The van der Waals surface area contributed by atoms with E-state index < -0.39 is 0 Å². The van der Waals surface area contributed by atoms with Crippen LogP contribution in [0.3, 0.4) is 0 Å². The Morgan fingerprint density at radius 2 is 1.94 bits per heavy atom. The number of hydrogen-bond donors (Lipinski definition) is 0. The molecule has 0 radical (unpaired) electrons. The molecule has 2 heterocycles. The van der Waals surface area contributed by atoms with E-state index in [0.717, 1.165) is 56.3 Å². The van der Waals surface area contributed by atoms with E-state index in [2.05, 4.69) is 17.9 Å². The van der Waals surface area contributed by atoms with Crippen LogP contribution in [0.15, 0.2) is 36.4 Å². The first kappa shape index (κ1) is 23.9. The van der Waals surface area contributed by atoms with Crippen LogP contribution in [-0.4, -0.2) is 56.8 Å². The molecule has 31 heavy (non-hydrogen) atoms. The zero-order chi connectivity index (χ0) is 21.3. The number of benzene rings is 2. The van der Waals surface area contributed by atoms with Crippen LogP contribution in [0.1, 0.15) is 42.6 Å². The number of hydrogen-bond acceptors (Lipinski definition) is 4. The highest BCUT2D eigenvalue weighted by Gasteiger charge is 2.40. The molecule has 2 unspecified atom stereocenters. The number of anilines is 1. The lowest BCUT2D eigenvalue weighted by Gasteiger charge is -2.30. The molecule has 168 valence electrons. The van der Waals surface area contributed by atoms with Crippen molar-refractivity contribution in [2.75, 3.05) is 44.9 Å². The van der Waals surface area contributed by atoms with Gasteiger partial charge in [-0.15, -0.1) is 0 Å². The fraction of sp³-hybridized carbons (Fsp3) is 0.458. The molecule has 2 aromatic rings. The Bertz CT molecular complexity index is 931. The third-order valence-corrected chi connectivity index (χ3v) is 6.96. The van der Waals surface area contributed by atoms with Gasteiger partial charge in [0.1, 0.15) is 5.75 Å². The zero-order valence-electron chi connectivity index (χ0n) is 17.2. The summed E-state index contributed by atoms with van der Waals surface area (Å²) in [6.45, 7) is 6.53. The summed E-state index contributed by atoms with van der Waals surface area (Å²) in [5, 5.41) is 0.677. The van der Waals surface area contributed by atoms with E-state index in [-0.39, 0.29) is 25.3 Å². The standard InChI is InChI=1S/C23H26Cl2N2O3.CH4/c1-15-17(8-9-26-10-12-30-13-11-26)19-14-16(29-2)6-7-21(19)27(15)23(28)18-4-3-5-20(24)22(18)25;/h3-7,14-15,17H,8-13H2,1-2H3;1H4. The van der Waals surface area contributed by atoms with E-state index in [1.807, 2.05) is 17.0 Å². The number of amides is 1. The van der Waals surface area contributed by atoms with Gasteiger partial charge in [-0.25, -0.2) is 0 Å². The topological polar surface area (TPSA) is 42.0 Å². The molecule has 7 heteroatoms. The smallest absolute Gasteiger partial charge is 0.260 e. The lowest BCUT2D eigenvalue weighted by molar-refractivity contribution is 0.0364. The number of fused-ring (bicyclic) bond motifs is 1. The molecular formula is C24H30Cl2N2O3. The lowest BCUT2D eigenvalue weighted by Crippen LogP contribution is -2.40. The SMILES string of the molecule is C.COc1ccc2c(c1)C(CCN1CCOCC1)C(C)N2C(=O)c1cccc(Cl)c1Cl. The molecule has 5 nitrogen and oxygen atoms in total. The number of halogens is 2. The first-order chi connectivity index (χ1) is 14.5. The summed E-state index contributed by atoms with van der Waals surface area (Å²) in [5.74, 6) is 0.877. The second kappa shape index (κ2) is 10.2. The molecule has 2 aliphatic heterocycles. The maximum atomic E-state index is 13.5. The fourth-order valence-corrected chi connectivity index (χ4v) is 4.85. The molecule has 4 rings (SSSR count). The summed E-state index contributed by atoms with van der Waals surface area (Å²) in [6.07, 6.45) is 0.953. The van der Waals surface area contributed by atoms with E-state index >= 15 is 0 Å². The molecule has 1 saturated heterocycles. The summed E-state index contributed by atoms with van der Waals surface area (Å²) < 4.78 is 10.9. The molecule has 1 amide bonds. The molecule has 2 aromatic carbocycles. The van der Waals surface area contributed by atoms with Gasteiger partial charge in [-0.1, -0.05) is 36.7 Å². The van der Waals surface area contributed by atoms with Crippen molar-refractivity contribution in [3.8, 4) is 5.75 Å². The van der Waals surface area contributed by atoms with Crippen LogP contribution >= 0.6 is 23.2 Å². The molecule has 1 fully saturated rings. The molecule has 0 aromatic heterocycles. The van der Waals surface area contributed by atoms with E-state index in [1.165, 1.54) is 0 Å². The fourth-order valence-electron chi connectivity index (χ4n) is 4.47. The van der Waals surface area contributed by atoms with E-state index in [9.17, 15) is 4.79 Å². The van der Waals surface area contributed by atoms with Crippen molar-refractivity contribution in [3.05, 3.63) is 57.6 Å². The van der Waals surface area contributed by atoms with Crippen LogP contribution in [0.2, 0.25) is 10.0 Å². The Kier molecular flexibility index (Phi) is 7.87. The van der Waals surface area contributed by atoms with Crippen LogP contribution in [-0.2, 0) is 4.74 Å². The van der Waals surface area contributed by atoms with Crippen molar-refractivity contribution in [2.24, 2.45) is 0 Å². The first-order valence-corrected chi connectivity index (χ1v) is 11.0. The lowest BCUT2D eigenvalue weighted by atomic mass is 9.92. The highest BCUT2D eigenvalue weighted by atomic mass is 35.5. The quantitative estimate of drug-likeness (QED) is 0.586. The summed E-state index contributed by atoms with van der Waals surface area (Å²) in [4.78, 5) is 17.8. The third-order valence-electron chi connectivity index (χ3n) is 6.14. The molecular weight excluding hydrogens is 435 g/mol. The predicted octanol–water partition coefficient (Wildman–Crippen LogP) is 5.49. The van der Waals surface area contributed by atoms with Crippen LogP contribution in [0.4, 0.5) is 5.69 Å². The van der Waals surface area contributed by atoms with Gasteiger partial charge in [0.05, 0.1) is 35.9 Å². The molecule has 0 bridgehead atoms. The number of carbonyl (C=O) groups excluding carboxylic acids is 1. The van der Waals surface area contributed by atoms with Crippen LogP contribution in [0.5, 0.6) is 5.75 Å². The Hall–Kier alpha value is -1.79. The van der Waals surface area contributed by atoms with Crippen molar-refractivity contribution in [3.63, 3.8) is 0 Å². The predicted molar refractivity (Wildman–Crippen MR) is 127 cm³/mol. The summed E-state index contributed by atoms with van der Waals surface area (Å²) in [6, 6.07) is 11.1. The van der Waals surface area contributed by atoms with Gasteiger partial charge in [-0.2, -0.15) is 0 Å². The number of ether oxygens (including phenoxy) is 2. The van der Waals surface area contributed by atoms with E-state index in [4.69, 9.17) is 32.7 Å². The van der Waals surface area contributed by atoms with Gasteiger partial charge in [0.25, 0.3) is 5.91 Å². The van der Waals surface area contributed by atoms with Gasteiger partial charge in [0, 0.05) is 30.7 Å². The highest BCUT2D eigenvalue weighted by Crippen LogP contribution is 2.45. The molecule has 0 N–H and O–H groups in total. The molecule has 2 atom stereocenters. The minimum absolute atomic E-state index is 0. The van der Waals surface area contributed by atoms with E-state index in [0.29, 0.717) is 15.6 Å². The minimum atomic E-state index is -0.129. The molecule has 0 spiro atoms. The van der Waals surface area contributed by atoms with Gasteiger partial charge in [0.2, 0.25) is 0 Å². The Balaban J connectivity index is 0.00000272. The normalized spacial score (nSPS) is 20.8. The third kappa shape index (κ3) is 4.70. The second-order valence-electron chi connectivity index (χ2n) is 7.79. The van der Waals surface area contributed by atoms with Gasteiger partial charge in [-0.05, 0) is 55.8 Å². The van der Waals surface area contributed by atoms with E-state index in [1.54, 1.807) is 25.3 Å². The zero-order valence-corrected chi connectivity index (χ0v) is 18.7. The second-order valence-corrected chi connectivity index (χ2v) is 8.58. The average molecular weight is 465 g/mol. The van der Waals surface area contributed by atoms with Crippen molar-refractivity contribution < 1.29 is 14.3 Å². The van der Waals surface area contributed by atoms with Crippen LogP contribution < -0.4 is 9.64 Å². The number of morpholine rings is 1. The summed E-state index contributed by atoms with van der Waals surface area (Å²) >= 11 is 12.5. The van der Waals surface area contributed by atoms with Crippen LogP contribution in [0.25, 0.3) is 0 Å². The van der Waals surface area contributed by atoms with Gasteiger partial charge in [-0.3, -0.25) is 9.69 Å². The average Bonchev–Trinajstić information content (AvgIpc) is 3.04. The van der Waals surface area contributed by atoms with Gasteiger partial charge < -0.3 is 14.4 Å². The Morgan fingerprint density at radius 1 is 1.19 bits per heavy atom. The number of nitrogens with zero attached hydrogens (tertiary/aromatic N) is 2. The van der Waals surface area contributed by atoms with Crippen molar-refractivity contribution in [1.82, 2.24) is 4.90 Å². The largest absolute Gasteiger partial charge is 0.497 e. The highest BCUT2D eigenvalue weighted by molar-refractivity contribution is 6.44. The van der Waals surface area contributed by atoms with Crippen LogP contribution in [0, 0.1) is 0 Å². The van der Waals surface area contributed by atoms with Crippen molar-refractivity contribution >= 4 is 34.8 Å². The molecule has 0 aliphatic carbocycles. The molecule has 2 aliphatic rings. The Labute approximate surface area is 194 Å². The van der Waals surface area contributed by atoms with Gasteiger partial charge >= 0.3 is 0 Å².